The molecule has 4 rings (SSSR count). The van der Waals surface area contributed by atoms with Crippen molar-refractivity contribution in [2.24, 2.45) is 20.5 Å². The highest BCUT2D eigenvalue weighted by atomic mass is 16.3. The number of unbranched alkanes of at least 4 members (excludes halogenated alkanes) is 4. The van der Waals surface area contributed by atoms with Crippen LogP contribution in [0, 0.1) is 0 Å². The molecule has 4 N–H and O–H groups in total. The molecule has 0 spiro atoms. The second-order valence-corrected chi connectivity index (χ2v) is 8.19. The van der Waals surface area contributed by atoms with Gasteiger partial charge in [-0.15, -0.1) is 20.5 Å². The number of H-pyrrole nitrogens is 2. The zero-order valence-electron chi connectivity index (χ0n) is 19.1. The number of amides is 2. The summed E-state index contributed by atoms with van der Waals surface area (Å²) in [5.41, 5.74) is 1.97. The molecule has 35 heavy (non-hydrogen) atoms. The summed E-state index contributed by atoms with van der Waals surface area (Å²) in [6.45, 7) is 0. The summed E-state index contributed by atoms with van der Waals surface area (Å²) in [6.07, 6.45) is 4.43. The van der Waals surface area contributed by atoms with Crippen LogP contribution in [0.4, 0.5) is 11.4 Å². The van der Waals surface area contributed by atoms with Gasteiger partial charge in [-0.1, -0.05) is 55.7 Å². The number of carbonyl (C=O) groups is 2. The Morgan fingerprint density at radius 3 is 1.49 bits per heavy atom. The van der Waals surface area contributed by atoms with Crippen molar-refractivity contribution >= 4 is 45.0 Å². The molecular weight excluding hydrogens is 448 g/mol. The fraction of sp³-hybridized carbons (Fsp3) is 0.280. The summed E-state index contributed by atoms with van der Waals surface area (Å²) >= 11 is 0. The van der Waals surface area contributed by atoms with E-state index >= 15 is 0 Å². The van der Waals surface area contributed by atoms with Crippen molar-refractivity contribution in [2.75, 3.05) is 0 Å². The molecular formula is C25H26N6O4. The summed E-state index contributed by atoms with van der Waals surface area (Å²) in [7, 11) is 0. The minimum Gasteiger partial charge on any atom is -0.493 e. The number of nitrogens with one attached hydrogen (secondary N) is 2. The predicted molar refractivity (Wildman–Crippen MR) is 131 cm³/mol. The van der Waals surface area contributed by atoms with E-state index in [0.717, 1.165) is 30.3 Å². The molecule has 0 aliphatic carbocycles. The summed E-state index contributed by atoms with van der Waals surface area (Å²) in [5, 5.41) is 36.6. The molecule has 2 heterocycles. The van der Waals surface area contributed by atoms with Crippen molar-refractivity contribution in [3.63, 3.8) is 0 Å². The second kappa shape index (κ2) is 11.2. The van der Waals surface area contributed by atoms with Gasteiger partial charge in [-0.3, -0.25) is 9.59 Å². The van der Waals surface area contributed by atoms with Crippen LogP contribution in [0.2, 0.25) is 0 Å². The zero-order chi connectivity index (χ0) is 24.6. The molecule has 180 valence electrons. The molecule has 0 aliphatic rings. The Hall–Kier alpha value is -4.34. The number of hydrogen-bond acceptors (Lipinski definition) is 6. The SMILES string of the molecule is O=C(CCCCCCCC(=O)N=Nc1c(O)[nH]c2ccccc12)N=Nc1c(O)[nH]c2ccccc12. The molecule has 0 fully saturated rings. The highest BCUT2D eigenvalue weighted by Gasteiger charge is 2.11. The zero-order valence-corrected chi connectivity index (χ0v) is 19.1. The van der Waals surface area contributed by atoms with Crippen molar-refractivity contribution < 1.29 is 19.8 Å². The summed E-state index contributed by atoms with van der Waals surface area (Å²) in [5.74, 6) is -0.915. The van der Waals surface area contributed by atoms with Gasteiger partial charge in [0.1, 0.15) is 0 Å². The van der Waals surface area contributed by atoms with Crippen LogP contribution in [0.1, 0.15) is 44.9 Å². The lowest BCUT2D eigenvalue weighted by atomic mass is 10.1. The van der Waals surface area contributed by atoms with Gasteiger partial charge in [0.2, 0.25) is 11.8 Å². The van der Waals surface area contributed by atoms with Gasteiger partial charge in [0.05, 0.1) is 11.0 Å². The molecule has 0 aliphatic heterocycles. The van der Waals surface area contributed by atoms with Crippen molar-refractivity contribution in [1.29, 1.82) is 0 Å². The lowest BCUT2D eigenvalue weighted by Crippen LogP contribution is -1.93. The third-order valence-corrected chi connectivity index (χ3v) is 5.62. The third kappa shape index (κ3) is 5.97. The average molecular weight is 475 g/mol. The first-order valence-electron chi connectivity index (χ1n) is 11.5. The number of fused-ring (bicyclic) bond motifs is 2. The van der Waals surface area contributed by atoms with Crippen LogP contribution >= 0.6 is 0 Å². The van der Waals surface area contributed by atoms with E-state index in [1.165, 1.54) is 0 Å². The van der Waals surface area contributed by atoms with Gasteiger partial charge >= 0.3 is 0 Å². The van der Waals surface area contributed by atoms with Gasteiger partial charge < -0.3 is 20.2 Å². The Kier molecular flexibility index (Phi) is 7.61. The lowest BCUT2D eigenvalue weighted by Gasteiger charge is -1.99. The van der Waals surface area contributed by atoms with Crippen LogP contribution < -0.4 is 0 Å². The predicted octanol–water partition coefficient (Wildman–Crippen LogP) is 6.71. The van der Waals surface area contributed by atoms with E-state index in [2.05, 4.69) is 30.4 Å². The van der Waals surface area contributed by atoms with Crippen molar-refractivity contribution in [2.45, 2.75) is 44.9 Å². The average Bonchev–Trinajstić information content (AvgIpc) is 3.35. The summed E-state index contributed by atoms with van der Waals surface area (Å²) in [6, 6.07) is 14.5. The minimum atomic E-state index is -0.342. The fourth-order valence-electron chi connectivity index (χ4n) is 3.82. The van der Waals surface area contributed by atoms with Crippen LogP contribution in [0.25, 0.3) is 21.8 Å². The van der Waals surface area contributed by atoms with E-state index in [9.17, 15) is 19.8 Å². The van der Waals surface area contributed by atoms with Gasteiger partial charge in [0, 0.05) is 23.6 Å². The summed E-state index contributed by atoms with van der Waals surface area (Å²) in [4.78, 5) is 29.6. The number of hydrogen-bond donors (Lipinski definition) is 4. The maximum absolute atomic E-state index is 12.0. The summed E-state index contributed by atoms with van der Waals surface area (Å²) < 4.78 is 0. The van der Waals surface area contributed by atoms with E-state index < -0.39 is 0 Å². The monoisotopic (exact) mass is 474 g/mol. The Balaban J connectivity index is 1.12. The molecule has 0 radical (unpaired) electrons. The molecule has 0 bridgehead atoms. The number of azo groups is 2. The number of aromatic amines is 2. The largest absolute Gasteiger partial charge is 0.493 e. The number of carbonyl (C=O) groups excluding carboxylic acids is 2. The molecule has 2 aromatic carbocycles. The molecule has 4 aromatic rings. The second-order valence-electron chi connectivity index (χ2n) is 8.19. The van der Waals surface area contributed by atoms with Gasteiger partial charge in [0.15, 0.2) is 11.4 Å². The minimum absolute atomic E-state index is 0.116. The van der Waals surface area contributed by atoms with E-state index in [1.807, 2.05) is 24.3 Å². The Labute approximate surface area is 200 Å². The van der Waals surface area contributed by atoms with Gasteiger partial charge in [-0.2, -0.15) is 0 Å². The van der Waals surface area contributed by atoms with E-state index in [1.54, 1.807) is 24.3 Å². The molecule has 10 heteroatoms. The fourth-order valence-corrected chi connectivity index (χ4v) is 3.82. The van der Waals surface area contributed by atoms with Crippen molar-refractivity contribution in [1.82, 2.24) is 9.97 Å². The molecule has 0 saturated heterocycles. The Bertz CT molecular complexity index is 1300. The van der Waals surface area contributed by atoms with E-state index in [4.69, 9.17) is 0 Å². The number of rotatable bonds is 10. The molecule has 0 saturated carbocycles. The first kappa shape index (κ1) is 23.8. The highest BCUT2D eigenvalue weighted by molar-refractivity contribution is 5.95. The van der Waals surface area contributed by atoms with Crippen molar-refractivity contribution in [3.05, 3.63) is 48.5 Å². The quantitative estimate of drug-likeness (QED) is 0.149. The van der Waals surface area contributed by atoms with E-state index in [-0.39, 0.29) is 47.8 Å². The standard InChI is InChI=1S/C25H26N6O4/c32-20(28-30-22-16-10-6-8-12-18(16)26-24(22)34)14-4-2-1-3-5-15-21(33)29-31-23-17-11-7-9-13-19(17)27-25(23)35/h6-13,26-27,34-35H,1-5,14-15H2. The first-order chi connectivity index (χ1) is 17.0. The maximum Gasteiger partial charge on any atom is 0.264 e. The van der Waals surface area contributed by atoms with Gasteiger partial charge in [-0.05, 0) is 25.0 Å². The van der Waals surface area contributed by atoms with Crippen molar-refractivity contribution in [3.8, 4) is 11.8 Å². The maximum atomic E-state index is 12.0. The third-order valence-electron chi connectivity index (χ3n) is 5.62. The number of aromatic nitrogens is 2. The van der Waals surface area contributed by atoms with Crippen LogP contribution in [-0.4, -0.2) is 32.0 Å². The normalized spacial score (nSPS) is 11.9. The van der Waals surface area contributed by atoms with Gasteiger partial charge in [0.25, 0.3) is 11.8 Å². The Morgan fingerprint density at radius 2 is 1.03 bits per heavy atom. The van der Waals surface area contributed by atoms with Crippen LogP contribution in [0.5, 0.6) is 11.8 Å². The van der Waals surface area contributed by atoms with Crippen LogP contribution in [0.15, 0.2) is 69.0 Å². The lowest BCUT2D eigenvalue weighted by molar-refractivity contribution is -0.119. The molecule has 0 atom stereocenters. The highest BCUT2D eigenvalue weighted by Crippen LogP contribution is 2.36. The smallest absolute Gasteiger partial charge is 0.264 e. The number of para-hydroxylation sites is 2. The van der Waals surface area contributed by atoms with Crippen LogP contribution in [0.3, 0.4) is 0 Å². The topological polar surface area (TPSA) is 156 Å². The molecule has 0 unspecified atom stereocenters. The number of benzene rings is 2. The number of nitrogens with zero attached hydrogens (tertiary/aromatic N) is 4. The Morgan fingerprint density at radius 1 is 0.629 bits per heavy atom. The molecule has 10 nitrogen and oxygen atoms in total. The van der Waals surface area contributed by atoms with Gasteiger partial charge in [-0.25, -0.2) is 0 Å². The first-order valence-corrected chi connectivity index (χ1v) is 11.5. The molecule has 2 amide bonds. The van der Waals surface area contributed by atoms with Crippen LogP contribution in [-0.2, 0) is 9.59 Å². The molecule has 2 aromatic heterocycles. The van der Waals surface area contributed by atoms with E-state index in [0.29, 0.717) is 23.6 Å². The number of aromatic hydroxyl groups is 2.